The minimum absolute atomic E-state index is 0.169. The van der Waals surface area contributed by atoms with E-state index in [0.29, 0.717) is 12.3 Å². The molecular formula is C15H18N4O2S. The number of hydrogen-bond acceptors (Lipinski definition) is 7. The molecule has 0 radical (unpaired) electrons. The maximum absolute atomic E-state index is 11.8. The Kier molecular flexibility index (Phi) is 4.33. The zero-order valence-electron chi connectivity index (χ0n) is 12.7. The topological polar surface area (TPSA) is 68.2 Å². The summed E-state index contributed by atoms with van der Waals surface area (Å²) in [4.78, 5) is 27.0. The number of carbonyl (C=O) groups is 1. The lowest BCUT2D eigenvalue weighted by molar-refractivity contribution is 0.0520. The van der Waals surface area contributed by atoms with Crippen molar-refractivity contribution in [2.75, 3.05) is 18.1 Å². The van der Waals surface area contributed by atoms with E-state index in [0.717, 1.165) is 35.9 Å². The van der Waals surface area contributed by atoms with Crippen molar-refractivity contribution in [3.8, 4) is 0 Å². The molecule has 3 heterocycles. The number of ether oxygens (including phenoxy) is 1. The maximum Gasteiger partial charge on any atom is 0.357 e. The third-order valence-corrected chi connectivity index (χ3v) is 4.57. The molecule has 1 atom stereocenters. The third kappa shape index (κ3) is 2.94. The van der Waals surface area contributed by atoms with Gasteiger partial charge >= 0.3 is 5.97 Å². The van der Waals surface area contributed by atoms with Crippen LogP contribution in [0.25, 0.3) is 0 Å². The van der Waals surface area contributed by atoms with E-state index in [9.17, 15) is 4.79 Å². The monoisotopic (exact) mass is 318 g/mol. The first kappa shape index (κ1) is 14.9. The Hall–Kier alpha value is -2.02. The van der Waals surface area contributed by atoms with Crippen LogP contribution in [-0.4, -0.2) is 34.1 Å². The Morgan fingerprint density at radius 3 is 3.14 bits per heavy atom. The highest BCUT2D eigenvalue weighted by Gasteiger charge is 2.30. The highest BCUT2D eigenvalue weighted by Crippen LogP contribution is 2.36. The quantitative estimate of drug-likeness (QED) is 0.808. The number of rotatable bonds is 4. The van der Waals surface area contributed by atoms with Gasteiger partial charge in [-0.25, -0.2) is 19.7 Å². The van der Waals surface area contributed by atoms with E-state index in [1.807, 2.05) is 13.0 Å². The van der Waals surface area contributed by atoms with Gasteiger partial charge in [0.05, 0.1) is 12.6 Å². The molecule has 0 amide bonds. The summed E-state index contributed by atoms with van der Waals surface area (Å²) < 4.78 is 5.00. The molecule has 1 fully saturated rings. The Labute approximate surface area is 133 Å². The summed E-state index contributed by atoms with van der Waals surface area (Å²) in [6, 6.07) is 2.15. The van der Waals surface area contributed by atoms with Crippen LogP contribution in [0.3, 0.4) is 0 Å². The van der Waals surface area contributed by atoms with Gasteiger partial charge in [0.1, 0.15) is 17.2 Å². The van der Waals surface area contributed by atoms with Gasteiger partial charge in [-0.05, 0) is 26.7 Å². The van der Waals surface area contributed by atoms with Crippen molar-refractivity contribution in [2.45, 2.75) is 32.7 Å². The predicted octanol–water partition coefficient (Wildman–Crippen LogP) is 2.76. The van der Waals surface area contributed by atoms with Gasteiger partial charge in [0.2, 0.25) is 0 Å². The van der Waals surface area contributed by atoms with Crippen LogP contribution in [0.4, 0.5) is 5.82 Å². The van der Waals surface area contributed by atoms with Crippen LogP contribution in [0.5, 0.6) is 0 Å². The molecule has 1 saturated heterocycles. The molecule has 1 aliphatic rings. The van der Waals surface area contributed by atoms with Crippen LogP contribution in [0.1, 0.15) is 47.0 Å². The van der Waals surface area contributed by atoms with Gasteiger partial charge in [-0.15, -0.1) is 11.3 Å². The summed E-state index contributed by atoms with van der Waals surface area (Å²) >= 11 is 1.51. The van der Waals surface area contributed by atoms with E-state index < -0.39 is 0 Å². The largest absolute Gasteiger partial charge is 0.461 e. The molecule has 0 aliphatic carbocycles. The smallest absolute Gasteiger partial charge is 0.357 e. The number of anilines is 1. The fraction of sp³-hybridized carbons (Fsp3) is 0.467. The fourth-order valence-electron chi connectivity index (χ4n) is 2.63. The standard InChI is InChI=1S/C15H18N4O2S/c1-3-21-15(20)11-8-22-14(18-11)12-5-4-6-19(12)13-7-10(2)16-9-17-13/h7-9,12H,3-6H2,1-2H3/t12-/m0/s1. The molecule has 6 nitrogen and oxygen atoms in total. The first-order valence-corrected chi connectivity index (χ1v) is 8.25. The van der Waals surface area contributed by atoms with Crippen LogP contribution in [-0.2, 0) is 4.74 Å². The predicted molar refractivity (Wildman–Crippen MR) is 84.2 cm³/mol. The molecule has 0 aromatic carbocycles. The summed E-state index contributed by atoms with van der Waals surface area (Å²) in [5.41, 5.74) is 1.34. The molecular weight excluding hydrogens is 300 g/mol. The number of carbonyl (C=O) groups excluding carboxylic acids is 1. The first-order chi connectivity index (χ1) is 10.7. The van der Waals surface area contributed by atoms with Crippen molar-refractivity contribution in [2.24, 2.45) is 0 Å². The minimum atomic E-state index is -0.354. The molecule has 0 N–H and O–H groups in total. The Morgan fingerprint density at radius 2 is 2.36 bits per heavy atom. The van der Waals surface area contributed by atoms with E-state index in [2.05, 4.69) is 19.9 Å². The van der Waals surface area contributed by atoms with Crippen LogP contribution in [0.15, 0.2) is 17.8 Å². The molecule has 22 heavy (non-hydrogen) atoms. The summed E-state index contributed by atoms with van der Waals surface area (Å²) in [5.74, 6) is 0.565. The van der Waals surface area contributed by atoms with Crippen molar-refractivity contribution in [3.05, 3.63) is 34.2 Å². The fourth-order valence-corrected chi connectivity index (χ4v) is 3.57. The zero-order chi connectivity index (χ0) is 15.5. The van der Waals surface area contributed by atoms with Crippen molar-refractivity contribution >= 4 is 23.1 Å². The Balaban J connectivity index is 1.83. The van der Waals surface area contributed by atoms with Crippen molar-refractivity contribution in [1.29, 1.82) is 0 Å². The van der Waals surface area contributed by atoms with Gasteiger partial charge < -0.3 is 9.64 Å². The molecule has 1 aliphatic heterocycles. The SMILES string of the molecule is CCOC(=O)c1csc([C@@H]2CCCN2c2cc(C)ncn2)n1. The molecule has 0 bridgehead atoms. The van der Waals surface area contributed by atoms with Gasteiger partial charge in [0.25, 0.3) is 0 Å². The average molecular weight is 318 g/mol. The number of esters is 1. The molecule has 0 unspecified atom stereocenters. The number of aromatic nitrogens is 3. The zero-order valence-corrected chi connectivity index (χ0v) is 13.5. The van der Waals surface area contributed by atoms with E-state index in [-0.39, 0.29) is 12.0 Å². The van der Waals surface area contributed by atoms with Crippen LogP contribution in [0.2, 0.25) is 0 Å². The molecule has 2 aromatic rings. The third-order valence-electron chi connectivity index (χ3n) is 3.63. The lowest BCUT2D eigenvalue weighted by Crippen LogP contribution is -2.23. The normalized spacial score (nSPS) is 17.7. The van der Waals surface area contributed by atoms with Crippen LogP contribution in [0, 0.1) is 6.92 Å². The first-order valence-electron chi connectivity index (χ1n) is 7.37. The summed E-state index contributed by atoms with van der Waals surface area (Å²) in [6.45, 7) is 5.05. The second-order valence-corrected chi connectivity index (χ2v) is 6.05. The van der Waals surface area contributed by atoms with Crippen LogP contribution >= 0.6 is 11.3 Å². The maximum atomic E-state index is 11.8. The van der Waals surface area contributed by atoms with E-state index >= 15 is 0 Å². The minimum Gasteiger partial charge on any atom is -0.461 e. The molecule has 3 rings (SSSR count). The number of thiazole rings is 1. The molecule has 0 spiro atoms. The Bertz CT molecular complexity index is 673. The van der Waals surface area contributed by atoms with Gasteiger partial charge in [-0.1, -0.05) is 0 Å². The van der Waals surface area contributed by atoms with Crippen molar-refractivity contribution in [1.82, 2.24) is 15.0 Å². The van der Waals surface area contributed by atoms with E-state index in [1.54, 1.807) is 18.6 Å². The summed E-state index contributed by atoms with van der Waals surface area (Å²) in [7, 11) is 0. The van der Waals surface area contributed by atoms with E-state index in [4.69, 9.17) is 4.74 Å². The van der Waals surface area contributed by atoms with Crippen LogP contribution < -0.4 is 4.90 Å². The van der Waals surface area contributed by atoms with Crippen molar-refractivity contribution in [3.63, 3.8) is 0 Å². The van der Waals surface area contributed by atoms with Gasteiger partial charge in [-0.2, -0.15) is 0 Å². The Morgan fingerprint density at radius 1 is 1.50 bits per heavy atom. The summed E-state index contributed by atoms with van der Waals surface area (Å²) in [6.07, 6.45) is 3.69. The van der Waals surface area contributed by atoms with Crippen molar-refractivity contribution < 1.29 is 9.53 Å². The molecule has 2 aromatic heterocycles. The van der Waals surface area contributed by atoms with E-state index in [1.165, 1.54) is 11.3 Å². The lowest BCUT2D eigenvalue weighted by Gasteiger charge is -2.24. The van der Waals surface area contributed by atoms with Gasteiger partial charge in [0.15, 0.2) is 5.69 Å². The number of aryl methyl sites for hydroxylation is 1. The van der Waals surface area contributed by atoms with Gasteiger partial charge in [0, 0.05) is 23.7 Å². The second kappa shape index (κ2) is 6.39. The molecule has 116 valence electrons. The van der Waals surface area contributed by atoms with Gasteiger partial charge in [-0.3, -0.25) is 0 Å². The molecule has 0 saturated carbocycles. The highest BCUT2D eigenvalue weighted by atomic mass is 32.1. The summed E-state index contributed by atoms with van der Waals surface area (Å²) in [5, 5.41) is 2.71. The highest BCUT2D eigenvalue weighted by molar-refractivity contribution is 7.10. The molecule has 7 heteroatoms. The lowest BCUT2D eigenvalue weighted by atomic mass is 10.2. The average Bonchev–Trinajstić information content (AvgIpc) is 3.16. The number of hydrogen-bond donors (Lipinski definition) is 0. The second-order valence-electron chi connectivity index (χ2n) is 5.16. The number of nitrogens with zero attached hydrogens (tertiary/aromatic N) is 4.